The van der Waals surface area contributed by atoms with Crippen molar-refractivity contribution in [3.05, 3.63) is 58.1 Å². The fourth-order valence-electron chi connectivity index (χ4n) is 3.40. The predicted octanol–water partition coefficient (Wildman–Crippen LogP) is 2.33. The number of para-hydroxylation sites is 1. The van der Waals surface area contributed by atoms with Crippen molar-refractivity contribution in [2.24, 2.45) is 0 Å². The largest absolute Gasteiger partial charge is 0.496 e. The van der Waals surface area contributed by atoms with Gasteiger partial charge in [0.25, 0.3) is 5.69 Å². The van der Waals surface area contributed by atoms with E-state index in [0.717, 1.165) is 43.3 Å². The summed E-state index contributed by atoms with van der Waals surface area (Å²) in [6.45, 7) is 3.51. The van der Waals surface area contributed by atoms with Gasteiger partial charge in [0.2, 0.25) is 0 Å². The van der Waals surface area contributed by atoms with Crippen molar-refractivity contribution in [3.8, 4) is 5.75 Å². The third-order valence-corrected chi connectivity index (χ3v) is 5.98. The molecule has 0 N–H and O–H groups in total. The Morgan fingerprint density at radius 2 is 1.79 bits per heavy atom. The Labute approximate surface area is 164 Å². The monoisotopic (exact) mass is 405 g/mol. The molecule has 8 nitrogen and oxygen atoms in total. The van der Waals surface area contributed by atoms with Crippen molar-refractivity contribution < 1.29 is 18.1 Å². The zero-order valence-corrected chi connectivity index (χ0v) is 16.7. The number of nitrogens with zero attached hydrogens (tertiary/aromatic N) is 3. The molecule has 9 heteroatoms. The van der Waals surface area contributed by atoms with Crippen molar-refractivity contribution >= 4 is 21.2 Å². The number of methoxy groups -OCH3 is 1. The van der Waals surface area contributed by atoms with Gasteiger partial charge in [-0.1, -0.05) is 18.2 Å². The minimum absolute atomic E-state index is 0.000112. The lowest BCUT2D eigenvalue weighted by molar-refractivity contribution is -0.385. The van der Waals surface area contributed by atoms with Gasteiger partial charge in [-0.3, -0.25) is 15.0 Å². The van der Waals surface area contributed by atoms with Crippen molar-refractivity contribution in [3.63, 3.8) is 0 Å². The number of ether oxygens (including phenoxy) is 1. The summed E-state index contributed by atoms with van der Waals surface area (Å²) in [6.07, 6.45) is 1.08. The highest BCUT2D eigenvalue weighted by Crippen LogP contribution is 2.30. The van der Waals surface area contributed by atoms with Crippen molar-refractivity contribution in [1.82, 2.24) is 4.90 Å². The highest BCUT2D eigenvalue weighted by molar-refractivity contribution is 7.90. The van der Waals surface area contributed by atoms with Crippen LogP contribution in [0.5, 0.6) is 5.75 Å². The summed E-state index contributed by atoms with van der Waals surface area (Å²) in [4.78, 5) is 14.7. The van der Waals surface area contributed by atoms with Crippen LogP contribution in [0.15, 0.2) is 47.4 Å². The van der Waals surface area contributed by atoms with E-state index in [0.29, 0.717) is 18.8 Å². The maximum absolute atomic E-state index is 12.2. The Hall–Kier alpha value is -2.65. The lowest BCUT2D eigenvalue weighted by Gasteiger charge is -2.36. The quantitative estimate of drug-likeness (QED) is 0.538. The van der Waals surface area contributed by atoms with Gasteiger partial charge in [-0.05, 0) is 12.1 Å². The standard InChI is InChI=1S/C19H23N3O5S/c1-27-18-6-4-3-5-15(18)14-20-9-11-21(12-10-20)17-8-7-16(22(23)24)13-19(17)28(2,25)26/h3-8,13H,9-12,14H2,1-2H3. The molecule has 1 heterocycles. The fraction of sp³-hybridized carbons (Fsp3) is 0.368. The highest BCUT2D eigenvalue weighted by atomic mass is 32.2. The molecule has 2 aromatic rings. The van der Waals surface area contributed by atoms with Crippen LogP contribution in [0, 0.1) is 10.1 Å². The van der Waals surface area contributed by atoms with Crippen LogP contribution in [0.25, 0.3) is 0 Å². The second-order valence-electron chi connectivity index (χ2n) is 6.76. The molecule has 0 atom stereocenters. The van der Waals surface area contributed by atoms with Crippen LogP contribution >= 0.6 is 0 Å². The summed E-state index contributed by atoms with van der Waals surface area (Å²) in [5.74, 6) is 0.847. The molecule has 2 aromatic carbocycles. The number of piperazine rings is 1. The first-order chi connectivity index (χ1) is 13.3. The number of benzene rings is 2. The molecule has 0 aliphatic carbocycles. The van der Waals surface area contributed by atoms with Gasteiger partial charge in [0.15, 0.2) is 9.84 Å². The number of hydrogen-bond acceptors (Lipinski definition) is 7. The Kier molecular flexibility index (Phi) is 5.85. The molecule has 0 spiro atoms. The molecule has 150 valence electrons. The van der Waals surface area contributed by atoms with Gasteiger partial charge in [-0.2, -0.15) is 0 Å². The molecular formula is C19H23N3O5S. The summed E-state index contributed by atoms with van der Waals surface area (Å²) < 4.78 is 29.7. The zero-order chi connectivity index (χ0) is 20.3. The SMILES string of the molecule is COc1ccccc1CN1CCN(c2ccc([N+](=O)[O-])cc2S(C)(=O)=O)CC1. The van der Waals surface area contributed by atoms with E-state index in [9.17, 15) is 18.5 Å². The Morgan fingerprint density at radius 1 is 1.11 bits per heavy atom. The zero-order valence-electron chi connectivity index (χ0n) is 15.9. The van der Waals surface area contributed by atoms with E-state index in [2.05, 4.69) is 4.90 Å². The molecule has 1 aliphatic rings. The van der Waals surface area contributed by atoms with Gasteiger partial charge in [0.1, 0.15) is 5.75 Å². The van der Waals surface area contributed by atoms with Crippen LogP contribution in [0.2, 0.25) is 0 Å². The smallest absolute Gasteiger partial charge is 0.270 e. The van der Waals surface area contributed by atoms with E-state index in [1.165, 1.54) is 12.1 Å². The van der Waals surface area contributed by atoms with Gasteiger partial charge in [0, 0.05) is 56.7 Å². The lowest BCUT2D eigenvalue weighted by atomic mass is 10.1. The molecule has 0 unspecified atom stereocenters. The van der Waals surface area contributed by atoms with Gasteiger partial charge >= 0.3 is 0 Å². The average molecular weight is 405 g/mol. The maximum Gasteiger partial charge on any atom is 0.270 e. The van der Waals surface area contributed by atoms with Crippen LogP contribution in [0.1, 0.15) is 5.56 Å². The average Bonchev–Trinajstić information content (AvgIpc) is 2.68. The first-order valence-corrected chi connectivity index (χ1v) is 10.8. The summed E-state index contributed by atoms with van der Waals surface area (Å²) >= 11 is 0. The van der Waals surface area contributed by atoms with Crippen LogP contribution in [0.3, 0.4) is 0 Å². The van der Waals surface area contributed by atoms with E-state index in [-0.39, 0.29) is 10.6 Å². The molecule has 3 rings (SSSR count). The molecule has 1 aliphatic heterocycles. The number of non-ortho nitro benzene ring substituents is 1. The van der Waals surface area contributed by atoms with Crippen molar-refractivity contribution in [2.45, 2.75) is 11.4 Å². The lowest BCUT2D eigenvalue weighted by Crippen LogP contribution is -2.46. The molecule has 1 fully saturated rings. The highest BCUT2D eigenvalue weighted by Gasteiger charge is 2.25. The molecule has 0 radical (unpaired) electrons. The molecule has 0 bridgehead atoms. The van der Waals surface area contributed by atoms with Gasteiger partial charge < -0.3 is 9.64 Å². The first kappa shape index (κ1) is 20.1. The van der Waals surface area contributed by atoms with E-state index in [1.807, 2.05) is 29.2 Å². The Bertz CT molecular complexity index is 969. The minimum atomic E-state index is -3.59. The second-order valence-corrected chi connectivity index (χ2v) is 8.74. The maximum atomic E-state index is 12.2. The number of anilines is 1. The fourth-order valence-corrected chi connectivity index (χ4v) is 4.31. The van der Waals surface area contributed by atoms with Gasteiger partial charge in [-0.25, -0.2) is 8.42 Å². The summed E-state index contributed by atoms with van der Waals surface area (Å²) in [6, 6.07) is 11.9. The minimum Gasteiger partial charge on any atom is -0.496 e. The summed E-state index contributed by atoms with van der Waals surface area (Å²) in [7, 11) is -1.94. The molecule has 0 amide bonds. The third-order valence-electron chi connectivity index (χ3n) is 4.85. The van der Waals surface area contributed by atoms with Crippen LogP contribution in [-0.2, 0) is 16.4 Å². The summed E-state index contributed by atoms with van der Waals surface area (Å²) in [5, 5.41) is 11.0. The van der Waals surface area contributed by atoms with Crippen LogP contribution < -0.4 is 9.64 Å². The normalized spacial score (nSPS) is 15.4. The first-order valence-electron chi connectivity index (χ1n) is 8.87. The van der Waals surface area contributed by atoms with E-state index in [1.54, 1.807) is 7.11 Å². The number of sulfone groups is 1. The Morgan fingerprint density at radius 3 is 2.39 bits per heavy atom. The molecule has 1 saturated heterocycles. The number of rotatable bonds is 6. The number of nitro groups is 1. The van der Waals surface area contributed by atoms with Crippen LogP contribution in [0.4, 0.5) is 11.4 Å². The molecule has 0 saturated carbocycles. The van der Waals surface area contributed by atoms with Crippen molar-refractivity contribution in [2.75, 3.05) is 44.4 Å². The van der Waals surface area contributed by atoms with Gasteiger partial charge in [0.05, 0.1) is 22.6 Å². The van der Waals surface area contributed by atoms with Gasteiger partial charge in [-0.15, -0.1) is 0 Å². The predicted molar refractivity (Wildman–Crippen MR) is 107 cm³/mol. The van der Waals surface area contributed by atoms with Crippen molar-refractivity contribution in [1.29, 1.82) is 0 Å². The third kappa shape index (κ3) is 4.42. The second kappa shape index (κ2) is 8.15. The topological polar surface area (TPSA) is 93.0 Å². The van der Waals surface area contributed by atoms with E-state index in [4.69, 9.17) is 4.74 Å². The van der Waals surface area contributed by atoms with Crippen LogP contribution in [-0.4, -0.2) is 57.8 Å². The number of nitro benzene ring substituents is 1. The van der Waals surface area contributed by atoms with E-state index < -0.39 is 14.8 Å². The Balaban J connectivity index is 1.75. The van der Waals surface area contributed by atoms with E-state index >= 15 is 0 Å². The molecule has 0 aromatic heterocycles. The molecule has 28 heavy (non-hydrogen) atoms. The number of hydrogen-bond donors (Lipinski definition) is 0. The summed E-state index contributed by atoms with van der Waals surface area (Å²) in [5.41, 5.74) is 1.40. The molecular weight excluding hydrogens is 382 g/mol.